The highest BCUT2D eigenvalue weighted by Gasteiger charge is 2.46. The Morgan fingerprint density at radius 2 is 1.94 bits per heavy atom. The van der Waals surface area contributed by atoms with Gasteiger partial charge in [-0.25, -0.2) is 0 Å². The van der Waals surface area contributed by atoms with Gasteiger partial charge in [-0.3, -0.25) is 9.59 Å². The first-order chi connectivity index (χ1) is 14.8. The van der Waals surface area contributed by atoms with Crippen LogP contribution in [0.5, 0.6) is 5.75 Å². The molecule has 6 nitrogen and oxygen atoms in total. The van der Waals surface area contributed by atoms with Gasteiger partial charge >= 0.3 is 0 Å². The van der Waals surface area contributed by atoms with Crippen molar-refractivity contribution in [3.05, 3.63) is 56.8 Å². The van der Waals surface area contributed by atoms with Crippen LogP contribution in [0.25, 0.3) is 5.76 Å². The number of rotatable bonds is 8. The zero-order valence-electron chi connectivity index (χ0n) is 18.8. The summed E-state index contributed by atoms with van der Waals surface area (Å²) in [4.78, 5) is 30.6. The minimum absolute atomic E-state index is 0.141. The quantitative estimate of drug-likeness (QED) is 0.378. The molecule has 0 spiro atoms. The summed E-state index contributed by atoms with van der Waals surface area (Å²) in [5, 5.41) is 13.1. The van der Waals surface area contributed by atoms with Gasteiger partial charge in [0.2, 0.25) is 0 Å². The largest absolute Gasteiger partial charge is 0.507 e. The lowest BCUT2D eigenvalue weighted by Crippen LogP contribution is -2.32. The highest BCUT2D eigenvalue weighted by Crippen LogP contribution is 2.42. The molecule has 1 aliphatic rings. The molecule has 1 aliphatic heterocycles. The van der Waals surface area contributed by atoms with E-state index in [-0.39, 0.29) is 11.3 Å². The van der Waals surface area contributed by atoms with E-state index in [1.807, 2.05) is 51.2 Å². The number of thiophene rings is 1. The molecule has 0 radical (unpaired) electrons. The first-order valence-corrected chi connectivity index (χ1v) is 11.3. The Morgan fingerprint density at radius 3 is 2.52 bits per heavy atom. The lowest BCUT2D eigenvalue weighted by atomic mass is 9.97. The summed E-state index contributed by atoms with van der Waals surface area (Å²) in [5.41, 5.74) is 2.52. The SMILES string of the molecule is CCOc1ccc(/C(O)=C2/C(=O)C(=O)N(CCCN(C)C)C2c2sccc2C)cc1C. The second kappa shape index (κ2) is 9.66. The summed E-state index contributed by atoms with van der Waals surface area (Å²) in [5.74, 6) is -0.598. The number of amides is 1. The number of Topliss-reactive ketones (excluding diaryl/α,β-unsaturated/α-hetero) is 1. The molecule has 2 heterocycles. The molecule has 1 amide bonds. The van der Waals surface area contributed by atoms with Gasteiger partial charge in [-0.15, -0.1) is 11.3 Å². The fraction of sp³-hybridized carbons (Fsp3) is 0.417. The third kappa shape index (κ3) is 4.67. The Bertz CT molecular complexity index is 1010. The first-order valence-electron chi connectivity index (χ1n) is 10.5. The van der Waals surface area contributed by atoms with Crippen LogP contribution in [0, 0.1) is 13.8 Å². The molecule has 0 bridgehead atoms. The molecule has 1 aromatic carbocycles. The summed E-state index contributed by atoms with van der Waals surface area (Å²) in [6.07, 6.45) is 0.739. The third-order valence-electron chi connectivity index (χ3n) is 5.44. The Balaban J connectivity index is 2.07. The second-order valence-electron chi connectivity index (χ2n) is 8.03. The molecule has 1 unspecified atom stereocenters. The number of carbonyl (C=O) groups excluding carboxylic acids is 2. The fourth-order valence-electron chi connectivity index (χ4n) is 3.87. The molecule has 1 aromatic heterocycles. The van der Waals surface area contributed by atoms with Gasteiger partial charge in [0.15, 0.2) is 0 Å². The van der Waals surface area contributed by atoms with Gasteiger partial charge in [0.05, 0.1) is 18.2 Å². The van der Waals surface area contributed by atoms with Crippen LogP contribution in [-0.2, 0) is 9.59 Å². The number of carbonyl (C=O) groups is 2. The molecular formula is C24H30N2O4S. The monoisotopic (exact) mass is 442 g/mol. The smallest absolute Gasteiger partial charge is 0.295 e. The number of likely N-dealkylation sites (tertiary alicyclic amines) is 1. The first kappa shape index (κ1) is 23.0. The molecular weight excluding hydrogens is 412 g/mol. The summed E-state index contributed by atoms with van der Waals surface area (Å²) in [6.45, 7) is 7.56. The van der Waals surface area contributed by atoms with Gasteiger partial charge in [-0.1, -0.05) is 0 Å². The average Bonchev–Trinajstić information content (AvgIpc) is 3.24. The van der Waals surface area contributed by atoms with Crippen LogP contribution in [0.2, 0.25) is 0 Å². The van der Waals surface area contributed by atoms with Crippen molar-refractivity contribution >= 4 is 28.8 Å². The molecule has 1 atom stereocenters. The minimum Gasteiger partial charge on any atom is -0.507 e. The van der Waals surface area contributed by atoms with Crippen LogP contribution < -0.4 is 4.74 Å². The van der Waals surface area contributed by atoms with E-state index in [1.165, 1.54) is 11.3 Å². The molecule has 31 heavy (non-hydrogen) atoms. The third-order valence-corrected chi connectivity index (χ3v) is 6.51. The van der Waals surface area contributed by atoms with Crippen molar-refractivity contribution in [1.82, 2.24) is 9.80 Å². The lowest BCUT2D eigenvalue weighted by molar-refractivity contribution is -0.139. The number of hydrogen-bond donors (Lipinski definition) is 1. The van der Waals surface area contributed by atoms with E-state index in [0.29, 0.717) is 18.7 Å². The predicted octanol–water partition coefficient (Wildman–Crippen LogP) is 4.14. The van der Waals surface area contributed by atoms with E-state index in [0.717, 1.165) is 34.7 Å². The zero-order valence-corrected chi connectivity index (χ0v) is 19.6. The van der Waals surface area contributed by atoms with Gasteiger partial charge in [0, 0.05) is 17.0 Å². The van der Waals surface area contributed by atoms with E-state index < -0.39 is 17.7 Å². The van der Waals surface area contributed by atoms with Gasteiger partial charge in [-0.2, -0.15) is 0 Å². The Hall–Kier alpha value is -2.64. The fourth-order valence-corrected chi connectivity index (χ4v) is 4.92. The van der Waals surface area contributed by atoms with E-state index >= 15 is 0 Å². The van der Waals surface area contributed by atoms with Crippen LogP contribution in [0.15, 0.2) is 35.2 Å². The standard InChI is InChI=1S/C24H30N2O4S/c1-6-30-18-9-8-17(14-16(18)3)21(27)19-20(23-15(2)10-13-31-23)26(24(29)22(19)28)12-7-11-25(4)5/h8-10,13-14,20,27H,6-7,11-12H2,1-5H3/b21-19-. The Morgan fingerprint density at radius 1 is 1.19 bits per heavy atom. The maximum absolute atomic E-state index is 13.1. The summed E-state index contributed by atoms with van der Waals surface area (Å²) in [6, 6.07) is 6.70. The number of ketones is 1. The summed E-state index contributed by atoms with van der Waals surface area (Å²) < 4.78 is 5.58. The molecule has 3 rings (SSSR count). The Kier molecular flexibility index (Phi) is 7.18. The van der Waals surface area contributed by atoms with Crippen molar-refractivity contribution in [3.8, 4) is 5.75 Å². The van der Waals surface area contributed by atoms with Gasteiger partial charge in [-0.05, 0) is 88.6 Å². The number of benzene rings is 1. The summed E-state index contributed by atoms with van der Waals surface area (Å²) in [7, 11) is 3.95. The predicted molar refractivity (Wildman–Crippen MR) is 124 cm³/mol. The number of aliphatic hydroxyl groups excluding tert-OH is 1. The lowest BCUT2D eigenvalue weighted by Gasteiger charge is -2.25. The zero-order chi connectivity index (χ0) is 22.7. The van der Waals surface area contributed by atoms with Gasteiger partial charge < -0.3 is 19.6 Å². The molecule has 1 N–H and O–H groups in total. The van der Waals surface area contributed by atoms with Gasteiger partial charge in [0.25, 0.3) is 11.7 Å². The Labute approximate surface area is 187 Å². The molecule has 7 heteroatoms. The summed E-state index contributed by atoms with van der Waals surface area (Å²) >= 11 is 1.50. The molecule has 0 saturated carbocycles. The topological polar surface area (TPSA) is 70.1 Å². The molecule has 1 fully saturated rings. The highest BCUT2D eigenvalue weighted by atomic mass is 32.1. The number of hydrogen-bond acceptors (Lipinski definition) is 6. The second-order valence-corrected chi connectivity index (χ2v) is 8.98. The maximum atomic E-state index is 13.1. The van der Waals surface area contributed by atoms with E-state index in [1.54, 1.807) is 23.1 Å². The molecule has 2 aromatic rings. The normalized spacial score (nSPS) is 18.3. The van der Waals surface area contributed by atoms with Crippen LogP contribution in [-0.4, -0.2) is 60.4 Å². The van der Waals surface area contributed by atoms with E-state index in [2.05, 4.69) is 0 Å². The maximum Gasteiger partial charge on any atom is 0.295 e. The van der Waals surface area contributed by atoms with Crippen molar-refractivity contribution in [1.29, 1.82) is 0 Å². The van der Waals surface area contributed by atoms with Gasteiger partial charge in [0.1, 0.15) is 11.5 Å². The number of ether oxygens (including phenoxy) is 1. The van der Waals surface area contributed by atoms with Crippen LogP contribution in [0.4, 0.5) is 0 Å². The van der Waals surface area contributed by atoms with E-state index in [9.17, 15) is 14.7 Å². The number of aryl methyl sites for hydroxylation is 2. The van der Waals surface area contributed by atoms with E-state index in [4.69, 9.17) is 4.74 Å². The van der Waals surface area contributed by atoms with Crippen molar-refractivity contribution in [3.63, 3.8) is 0 Å². The molecule has 166 valence electrons. The highest BCUT2D eigenvalue weighted by molar-refractivity contribution is 7.10. The van der Waals surface area contributed by atoms with Crippen molar-refractivity contribution in [2.24, 2.45) is 0 Å². The van der Waals surface area contributed by atoms with Crippen molar-refractivity contribution in [2.75, 3.05) is 33.8 Å². The van der Waals surface area contributed by atoms with Crippen molar-refractivity contribution in [2.45, 2.75) is 33.2 Å². The van der Waals surface area contributed by atoms with Crippen LogP contribution in [0.1, 0.15) is 41.0 Å². The molecule has 1 saturated heterocycles. The van der Waals surface area contributed by atoms with Crippen molar-refractivity contribution < 1.29 is 19.4 Å². The average molecular weight is 443 g/mol. The van der Waals surface area contributed by atoms with Crippen LogP contribution in [0.3, 0.4) is 0 Å². The molecule has 0 aliphatic carbocycles. The van der Waals surface area contributed by atoms with Crippen LogP contribution >= 0.6 is 11.3 Å². The number of aliphatic hydroxyl groups is 1. The number of nitrogens with zero attached hydrogens (tertiary/aromatic N) is 2. The minimum atomic E-state index is -0.633.